The van der Waals surface area contributed by atoms with Gasteiger partial charge in [-0.05, 0) is 31.2 Å². The molecule has 0 saturated carbocycles. The van der Waals surface area contributed by atoms with Crippen molar-refractivity contribution in [3.05, 3.63) is 71.3 Å². The zero-order chi connectivity index (χ0) is 19.1. The average Bonchev–Trinajstić information content (AvgIpc) is 2.65. The summed E-state index contributed by atoms with van der Waals surface area (Å²) in [6.07, 6.45) is 0. The maximum Gasteiger partial charge on any atom is 0.327 e. The molecule has 7 heteroatoms. The predicted molar refractivity (Wildman–Crippen MR) is 98.6 cm³/mol. The van der Waals surface area contributed by atoms with Gasteiger partial charge in [0, 0.05) is 22.4 Å². The summed E-state index contributed by atoms with van der Waals surface area (Å²) in [5.41, 5.74) is 1.19. The van der Waals surface area contributed by atoms with Gasteiger partial charge in [0.2, 0.25) is 5.12 Å². The molecule has 2 aromatic carbocycles. The minimum Gasteiger partial charge on any atom is -0.480 e. The maximum absolute atomic E-state index is 12.2. The van der Waals surface area contributed by atoms with E-state index in [0.717, 1.165) is 11.8 Å². The number of thioether (sulfide) groups is 1. The third-order valence-corrected chi connectivity index (χ3v) is 4.55. The van der Waals surface area contributed by atoms with Gasteiger partial charge in [0.15, 0.2) is 5.78 Å². The molecule has 0 aliphatic carbocycles. The normalized spacial score (nSPS) is 11.4. The number of hydrogen-bond donors (Lipinski definition) is 2. The van der Waals surface area contributed by atoms with Crippen LogP contribution in [-0.4, -0.2) is 39.7 Å². The van der Waals surface area contributed by atoms with Crippen LogP contribution in [0, 0.1) is 0 Å². The van der Waals surface area contributed by atoms with Crippen LogP contribution >= 0.6 is 11.8 Å². The molecule has 0 aliphatic rings. The van der Waals surface area contributed by atoms with Crippen molar-refractivity contribution in [2.45, 2.75) is 13.0 Å². The molecule has 2 N–H and O–H groups in total. The number of ketones is 1. The fourth-order valence-corrected chi connectivity index (χ4v) is 2.94. The molecule has 26 heavy (non-hydrogen) atoms. The van der Waals surface area contributed by atoms with E-state index in [1.165, 1.54) is 19.1 Å². The lowest BCUT2D eigenvalue weighted by atomic mass is 10.1. The van der Waals surface area contributed by atoms with Gasteiger partial charge in [-0.25, -0.2) is 4.79 Å². The molecule has 0 bridgehead atoms. The maximum atomic E-state index is 12.2. The molecule has 0 saturated heterocycles. The van der Waals surface area contributed by atoms with Crippen LogP contribution in [0.5, 0.6) is 0 Å². The summed E-state index contributed by atoms with van der Waals surface area (Å²) in [6.45, 7) is 1.43. The second-order valence-corrected chi connectivity index (χ2v) is 6.46. The van der Waals surface area contributed by atoms with Gasteiger partial charge >= 0.3 is 5.97 Å². The van der Waals surface area contributed by atoms with Crippen molar-refractivity contribution in [1.29, 1.82) is 0 Å². The van der Waals surface area contributed by atoms with Gasteiger partial charge in [-0.3, -0.25) is 14.4 Å². The highest BCUT2D eigenvalue weighted by atomic mass is 32.2. The summed E-state index contributed by atoms with van der Waals surface area (Å²) in [5.74, 6) is -1.95. The van der Waals surface area contributed by atoms with Crippen molar-refractivity contribution < 1.29 is 24.3 Å². The number of hydrogen-bond acceptors (Lipinski definition) is 5. The highest BCUT2D eigenvalue weighted by Gasteiger charge is 2.22. The minimum atomic E-state index is -1.22. The smallest absolute Gasteiger partial charge is 0.327 e. The predicted octanol–water partition coefficient (Wildman–Crippen LogP) is 2.65. The molecule has 0 fully saturated rings. The van der Waals surface area contributed by atoms with Crippen LogP contribution in [0.25, 0.3) is 0 Å². The van der Waals surface area contributed by atoms with Crippen LogP contribution in [0.4, 0.5) is 0 Å². The molecule has 2 rings (SSSR count). The number of aliphatic carboxylic acids is 1. The summed E-state index contributed by atoms with van der Waals surface area (Å²) in [7, 11) is 0. The van der Waals surface area contributed by atoms with Crippen molar-refractivity contribution >= 4 is 34.5 Å². The number of rotatable bonds is 7. The standard InChI is InChI=1S/C19H17NO5S/c1-12(21)13-7-9-15(10-8-13)19(25)26-11-16(18(23)24)20-17(22)14-5-3-2-4-6-14/h2-10,16H,11H2,1H3,(H,20,22)(H,23,24)/t16-/m0/s1. The summed E-state index contributed by atoms with van der Waals surface area (Å²) in [6, 6.07) is 13.2. The number of carbonyl (C=O) groups excluding carboxylic acids is 3. The van der Waals surface area contributed by atoms with E-state index in [0.29, 0.717) is 16.7 Å². The van der Waals surface area contributed by atoms with Gasteiger partial charge in [-0.1, -0.05) is 42.1 Å². The summed E-state index contributed by atoms with van der Waals surface area (Å²) >= 11 is 0.798. The van der Waals surface area contributed by atoms with E-state index in [1.54, 1.807) is 42.5 Å². The van der Waals surface area contributed by atoms with Crippen molar-refractivity contribution in [2.75, 3.05) is 5.75 Å². The Kier molecular flexibility index (Phi) is 6.68. The molecular weight excluding hydrogens is 354 g/mol. The topological polar surface area (TPSA) is 101 Å². The monoisotopic (exact) mass is 371 g/mol. The zero-order valence-corrected chi connectivity index (χ0v) is 14.8. The molecule has 1 atom stereocenters. The SMILES string of the molecule is CC(=O)c1ccc(C(=O)SC[C@H](NC(=O)c2ccccc2)C(=O)O)cc1. The Labute approximate surface area is 154 Å². The van der Waals surface area contributed by atoms with Gasteiger partial charge in [0.25, 0.3) is 5.91 Å². The molecule has 0 unspecified atom stereocenters. The molecule has 1 amide bonds. The van der Waals surface area contributed by atoms with Crippen molar-refractivity contribution in [1.82, 2.24) is 5.32 Å². The molecule has 134 valence electrons. The third-order valence-electron chi connectivity index (χ3n) is 3.55. The lowest BCUT2D eigenvalue weighted by Crippen LogP contribution is -2.42. The number of amides is 1. The van der Waals surface area contributed by atoms with Gasteiger partial charge in [-0.2, -0.15) is 0 Å². The van der Waals surface area contributed by atoms with Crippen LogP contribution in [0.15, 0.2) is 54.6 Å². The minimum absolute atomic E-state index is 0.105. The quantitative estimate of drug-likeness (QED) is 0.726. The highest BCUT2D eigenvalue weighted by molar-refractivity contribution is 8.14. The Morgan fingerprint density at radius 2 is 1.50 bits per heavy atom. The van der Waals surface area contributed by atoms with Crippen molar-refractivity contribution in [3.63, 3.8) is 0 Å². The number of carbonyl (C=O) groups is 4. The number of benzene rings is 2. The highest BCUT2D eigenvalue weighted by Crippen LogP contribution is 2.15. The summed E-state index contributed by atoms with van der Waals surface area (Å²) in [4.78, 5) is 46.9. The molecule has 0 radical (unpaired) electrons. The number of nitrogens with one attached hydrogen (secondary N) is 1. The number of carboxylic acids is 1. The first kappa shape index (κ1) is 19.4. The van der Waals surface area contributed by atoms with Crippen LogP contribution in [0.2, 0.25) is 0 Å². The van der Waals surface area contributed by atoms with Gasteiger partial charge < -0.3 is 10.4 Å². The lowest BCUT2D eigenvalue weighted by molar-refractivity contribution is -0.138. The molecule has 0 heterocycles. The van der Waals surface area contributed by atoms with Crippen LogP contribution in [-0.2, 0) is 4.79 Å². The van der Waals surface area contributed by atoms with E-state index in [4.69, 9.17) is 0 Å². The zero-order valence-electron chi connectivity index (χ0n) is 14.0. The average molecular weight is 371 g/mol. The van der Waals surface area contributed by atoms with E-state index in [-0.39, 0.29) is 16.7 Å². The molecular formula is C19H17NO5S. The Bertz CT molecular complexity index is 818. The third kappa shape index (κ3) is 5.29. The van der Waals surface area contributed by atoms with Crippen LogP contribution < -0.4 is 5.32 Å². The Hall–Kier alpha value is -2.93. The largest absolute Gasteiger partial charge is 0.480 e. The first-order valence-electron chi connectivity index (χ1n) is 7.75. The second-order valence-electron chi connectivity index (χ2n) is 5.46. The van der Waals surface area contributed by atoms with Crippen LogP contribution in [0.1, 0.15) is 38.0 Å². The van der Waals surface area contributed by atoms with Crippen molar-refractivity contribution in [3.8, 4) is 0 Å². The van der Waals surface area contributed by atoms with E-state index in [1.807, 2.05) is 0 Å². The number of Topliss-reactive ketones (excluding diaryl/α,β-unsaturated/α-hetero) is 1. The molecule has 0 spiro atoms. The first-order chi connectivity index (χ1) is 12.4. The summed E-state index contributed by atoms with van der Waals surface area (Å²) in [5, 5.41) is 11.3. The van der Waals surface area contributed by atoms with E-state index in [2.05, 4.69) is 5.32 Å². The number of carboxylic acid groups (broad SMARTS) is 1. The van der Waals surface area contributed by atoms with Gasteiger partial charge in [-0.15, -0.1) is 0 Å². The fourth-order valence-electron chi connectivity index (χ4n) is 2.09. The fraction of sp³-hybridized carbons (Fsp3) is 0.158. The second kappa shape index (κ2) is 8.96. The first-order valence-corrected chi connectivity index (χ1v) is 8.74. The van der Waals surface area contributed by atoms with E-state index < -0.39 is 17.9 Å². The van der Waals surface area contributed by atoms with Gasteiger partial charge in [0.05, 0.1) is 0 Å². The molecule has 0 aromatic heterocycles. The summed E-state index contributed by atoms with van der Waals surface area (Å²) < 4.78 is 0. The van der Waals surface area contributed by atoms with Crippen LogP contribution in [0.3, 0.4) is 0 Å². The Morgan fingerprint density at radius 1 is 0.923 bits per heavy atom. The molecule has 0 aliphatic heterocycles. The lowest BCUT2D eigenvalue weighted by Gasteiger charge is -2.14. The molecule has 6 nitrogen and oxygen atoms in total. The molecule has 2 aromatic rings. The van der Waals surface area contributed by atoms with E-state index in [9.17, 15) is 24.3 Å². The van der Waals surface area contributed by atoms with Gasteiger partial charge in [0.1, 0.15) is 6.04 Å². The van der Waals surface area contributed by atoms with Crippen molar-refractivity contribution in [2.24, 2.45) is 0 Å². The van der Waals surface area contributed by atoms with E-state index >= 15 is 0 Å². The Morgan fingerprint density at radius 3 is 2.04 bits per heavy atom. The Balaban J connectivity index is 1.97.